The number of carbonyl (C=O) groups excluding carboxylic acids is 1. The molecule has 1 fully saturated rings. The third kappa shape index (κ3) is 3.69. The monoisotopic (exact) mass is 255 g/mol. The normalized spacial score (nSPS) is 27.2. The van der Waals surface area contributed by atoms with Crippen molar-refractivity contribution in [3.63, 3.8) is 0 Å². The number of hydrogen-bond acceptors (Lipinski definition) is 3. The molecule has 0 heterocycles. The maximum absolute atomic E-state index is 12.1. The van der Waals surface area contributed by atoms with Crippen LogP contribution in [0.25, 0.3) is 0 Å². The van der Waals surface area contributed by atoms with Gasteiger partial charge in [-0.2, -0.15) is 0 Å². The standard InChI is InChI=1S/C14H29N3O/c1-5-10(2)16-14(18)11(3)17(4)13-8-6-7-12(13)9-15/h10-13H,5-9,15H2,1-4H3,(H,16,18). The molecule has 1 saturated carbocycles. The van der Waals surface area contributed by atoms with Gasteiger partial charge in [-0.1, -0.05) is 13.3 Å². The number of likely N-dealkylation sites (N-methyl/N-ethyl adjacent to an activating group) is 1. The minimum absolute atomic E-state index is 0.0730. The molecular formula is C14H29N3O. The summed E-state index contributed by atoms with van der Waals surface area (Å²) in [7, 11) is 2.06. The summed E-state index contributed by atoms with van der Waals surface area (Å²) in [4.78, 5) is 14.3. The van der Waals surface area contributed by atoms with Gasteiger partial charge in [-0.25, -0.2) is 0 Å². The highest BCUT2D eigenvalue weighted by molar-refractivity contribution is 5.81. The average Bonchev–Trinajstić information content (AvgIpc) is 2.84. The van der Waals surface area contributed by atoms with E-state index < -0.39 is 0 Å². The molecule has 0 bridgehead atoms. The number of nitrogens with one attached hydrogen (secondary N) is 1. The van der Waals surface area contributed by atoms with Crippen LogP contribution in [0.5, 0.6) is 0 Å². The minimum Gasteiger partial charge on any atom is -0.352 e. The first-order chi connectivity index (χ1) is 8.51. The molecule has 4 nitrogen and oxygen atoms in total. The van der Waals surface area contributed by atoms with Gasteiger partial charge in [0.15, 0.2) is 0 Å². The Bertz CT molecular complexity index is 270. The Balaban J connectivity index is 2.54. The van der Waals surface area contributed by atoms with Crippen molar-refractivity contribution in [1.82, 2.24) is 10.2 Å². The smallest absolute Gasteiger partial charge is 0.237 e. The molecule has 0 spiro atoms. The van der Waals surface area contributed by atoms with Crippen molar-refractivity contribution in [2.45, 2.75) is 64.6 Å². The van der Waals surface area contributed by atoms with E-state index in [-0.39, 0.29) is 18.0 Å². The molecule has 18 heavy (non-hydrogen) atoms. The van der Waals surface area contributed by atoms with Crippen LogP contribution in [0.2, 0.25) is 0 Å². The number of rotatable bonds is 6. The fourth-order valence-electron chi connectivity index (χ4n) is 2.77. The molecule has 0 saturated heterocycles. The fraction of sp³-hybridized carbons (Fsp3) is 0.929. The number of hydrogen-bond donors (Lipinski definition) is 2. The summed E-state index contributed by atoms with van der Waals surface area (Å²) in [6.07, 6.45) is 4.57. The molecule has 4 unspecified atom stereocenters. The van der Waals surface area contributed by atoms with E-state index >= 15 is 0 Å². The van der Waals surface area contributed by atoms with Gasteiger partial charge in [0.2, 0.25) is 5.91 Å². The largest absolute Gasteiger partial charge is 0.352 e. The number of nitrogens with zero attached hydrogens (tertiary/aromatic N) is 1. The van der Waals surface area contributed by atoms with Crippen molar-refractivity contribution in [2.24, 2.45) is 11.7 Å². The summed E-state index contributed by atoms with van der Waals surface area (Å²) in [5.41, 5.74) is 5.81. The lowest BCUT2D eigenvalue weighted by atomic mass is 10.0. The van der Waals surface area contributed by atoms with Crippen molar-refractivity contribution in [3.05, 3.63) is 0 Å². The van der Waals surface area contributed by atoms with Crippen molar-refractivity contribution in [3.8, 4) is 0 Å². The van der Waals surface area contributed by atoms with Gasteiger partial charge in [-0.15, -0.1) is 0 Å². The van der Waals surface area contributed by atoms with Crippen LogP contribution in [0, 0.1) is 5.92 Å². The Hall–Kier alpha value is -0.610. The fourth-order valence-corrected chi connectivity index (χ4v) is 2.77. The molecule has 0 aromatic rings. The highest BCUT2D eigenvalue weighted by Crippen LogP contribution is 2.29. The second kappa shape index (κ2) is 7.10. The zero-order chi connectivity index (χ0) is 13.7. The van der Waals surface area contributed by atoms with Gasteiger partial charge >= 0.3 is 0 Å². The zero-order valence-electron chi connectivity index (χ0n) is 12.3. The maximum atomic E-state index is 12.1. The van der Waals surface area contributed by atoms with Crippen LogP contribution in [0.15, 0.2) is 0 Å². The summed E-state index contributed by atoms with van der Waals surface area (Å²) in [5.74, 6) is 0.684. The average molecular weight is 255 g/mol. The van der Waals surface area contributed by atoms with Gasteiger partial charge in [0.1, 0.15) is 0 Å². The second-order valence-electron chi connectivity index (χ2n) is 5.65. The van der Waals surface area contributed by atoms with E-state index in [2.05, 4.69) is 24.2 Å². The molecule has 0 aliphatic heterocycles. The van der Waals surface area contributed by atoms with E-state index in [0.29, 0.717) is 12.0 Å². The Labute approximate surface area is 111 Å². The molecule has 1 aliphatic carbocycles. The lowest BCUT2D eigenvalue weighted by Gasteiger charge is -2.33. The van der Waals surface area contributed by atoms with Crippen LogP contribution in [0.4, 0.5) is 0 Å². The molecule has 0 radical (unpaired) electrons. The number of nitrogens with two attached hydrogens (primary N) is 1. The van der Waals surface area contributed by atoms with Gasteiger partial charge in [0.05, 0.1) is 6.04 Å². The van der Waals surface area contributed by atoms with E-state index in [0.717, 1.165) is 13.0 Å². The van der Waals surface area contributed by atoms with Crippen LogP contribution in [-0.2, 0) is 4.79 Å². The van der Waals surface area contributed by atoms with E-state index in [4.69, 9.17) is 5.73 Å². The molecule has 3 N–H and O–H groups in total. The molecule has 1 rings (SSSR count). The Morgan fingerprint density at radius 3 is 2.67 bits per heavy atom. The van der Waals surface area contributed by atoms with Crippen molar-refractivity contribution < 1.29 is 4.79 Å². The first kappa shape index (κ1) is 15.4. The highest BCUT2D eigenvalue weighted by atomic mass is 16.2. The number of carbonyl (C=O) groups is 1. The summed E-state index contributed by atoms with van der Waals surface area (Å²) in [5, 5.41) is 3.05. The molecule has 1 aliphatic rings. The summed E-state index contributed by atoms with van der Waals surface area (Å²) in [6, 6.07) is 0.645. The lowest BCUT2D eigenvalue weighted by Crippen LogP contribution is -2.51. The summed E-state index contributed by atoms with van der Waals surface area (Å²) in [6.45, 7) is 6.85. The van der Waals surface area contributed by atoms with Crippen LogP contribution in [-0.4, -0.2) is 42.5 Å². The third-order valence-electron chi connectivity index (χ3n) is 4.44. The van der Waals surface area contributed by atoms with Gasteiger partial charge in [-0.05, 0) is 52.6 Å². The Morgan fingerprint density at radius 1 is 1.44 bits per heavy atom. The van der Waals surface area contributed by atoms with Crippen LogP contribution in [0.1, 0.15) is 46.5 Å². The predicted octanol–water partition coefficient (Wildman–Crippen LogP) is 1.35. The quantitative estimate of drug-likeness (QED) is 0.753. The van der Waals surface area contributed by atoms with Crippen molar-refractivity contribution in [2.75, 3.05) is 13.6 Å². The van der Waals surface area contributed by atoms with E-state index in [9.17, 15) is 4.79 Å². The summed E-state index contributed by atoms with van der Waals surface area (Å²) >= 11 is 0. The molecule has 4 atom stereocenters. The second-order valence-corrected chi connectivity index (χ2v) is 5.65. The van der Waals surface area contributed by atoms with E-state index in [1.165, 1.54) is 19.3 Å². The summed E-state index contributed by atoms with van der Waals surface area (Å²) < 4.78 is 0. The van der Waals surface area contributed by atoms with Crippen molar-refractivity contribution >= 4 is 5.91 Å². The minimum atomic E-state index is -0.0730. The molecule has 0 aromatic carbocycles. The van der Waals surface area contributed by atoms with Crippen molar-refractivity contribution in [1.29, 1.82) is 0 Å². The van der Waals surface area contributed by atoms with Crippen LogP contribution >= 0.6 is 0 Å². The Morgan fingerprint density at radius 2 is 2.11 bits per heavy atom. The molecular weight excluding hydrogens is 226 g/mol. The van der Waals surface area contributed by atoms with Gasteiger partial charge in [-0.3, -0.25) is 9.69 Å². The Kier molecular flexibility index (Phi) is 6.09. The van der Waals surface area contributed by atoms with E-state index in [1.807, 2.05) is 13.8 Å². The molecule has 4 heteroatoms. The predicted molar refractivity (Wildman–Crippen MR) is 75.3 cm³/mol. The van der Waals surface area contributed by atoms with Gasteiger partial charge < -0.3 is 11.1 Å². The van der Waals surface area contributed by atoms with Gasteiger partial charge in [0.25, 0.3) is 0 Å². The molecule has 106 valence electrons. The third-order valence-corrected chi connectivity index (χ3v) is 4.44. The van der Waals surface area contributed by atoms with Gasteiger partial charge in [0, 0.05) is 12.1 Å². The van der Waals surface area contributed by atoms with E-state index in [1.54, 1.807) is 0 Å². The first-order valence-corrected chi connectivity index (χ1v) is 7.23. The SMILES string of the molecule is CCC(C)NC(=O)C(C)N(C)C1CCCC1CN. The molecule has 0 aromatic heterocycles. The number of amides is 1. The van der Waals surface area contributed by atoms with Crippen LogP contribution in [0.3, 0.4) is 0 Å². The lowest BCUT2D eigenvalue weighted by molar-refractivity contribution is -0.127. The first-order valence-electron chi connectivity index (χ1n) is 7.23. The molecule has 1 amide bonds. The maximum Gasteiger partial charge on any atom is 0.237 e. The van der Waals surface area contributed by atoms with Crippen LogP contribution < -0.4 is 11.1 Å². The topological polar surface area (TPSA) is 58.4 Å². The highest BCUT2D eigenvalue weighted by Gasteiger charge is 2.33. The zero-order valence-corrected chi connectivity index (χ0v) is 12.3.